The number of hydrogen-bond donors (Lipinski definition) is 7. The van der Waals surface area contributed by atoms with Gasteiger partial charge in [-0.1, -0.05) is 71.9 Å². The number of carbonyl (C=O) groups excluding carboxylic acids is 5. The summed E-state index contributed by atoms with van der Waals surface area (Å²) in [5.74, 6) is -5.31. The minimum Gasteiger partial charge on any atom is -0.481 e. The van der Waals surface area contributed by atoms with Gasteiger partial charge in [0.15, 0.2) is 0 Å². The van der Waals surface area contributed by atoms with Gasteiger partial charge in [-0.2, -0.15) is 0 Å². The second-order valence-corrected chi connectivity index (χ2v) is 20.4. The van der Waals surface area contributed by atoms with Crippen molar-refractivity contribution in [3.8, 4) is 11.5 Å². The molecule has 370 valence electrons. The van der Waals surface area contributed by atoms with Gasteiger partial charge in [-0.25, -0.2) is 0 Å². The van der Waals surface area contributed by atoms with Gasteiger partial charge in [-0.15, -0.1) is 0 Å². The molecule has 10 atom stereocenters. The van der Waals surface area contributed by atoms with Crippen LogP contribution < -0.4 is 31.7 Å². The fourth-order valence-electron chi connectivity index (χ4n) is 10.4. The maximum atomic E-state index is 14.5. The zero-order valence-corrected chi connectivity index (χ0v) is 40.2. The van der Waals surface area contributed by atoms with E-state index in [9.17, 15) is 38.7 Å². The highest BCUT2D eigenvalue weighted by molar-refractivity contribution is 6.48. The molecule has 5 fully saturated rings. The Morgan fingerprint density at radius 2 is 1.46 bits per heavy atom. The Labute approximate surface area is 398 Å². The Hall–Kier alpha value is -5.53. The number of nitrogens with one attached hydrogen (secondary N) is 4. The summed E-state index contributed by atoms with van der Waals surface area (Å²) in [6, 6.07) is 11.2. The topological polar surface area (TPSA) is 265 Å². The van der Waals surface area contributed by atoms with Crippen LogP contribution in [0.3, 0.4) is 0 Å². The molecule has 5 aliphatic rings. The minimum absolute atomic E-state index is 0.112. The summed E-state index contributed by atoms with van der Waals surface area (Å²) >= 11 is 0. The van der Waals surface area contributed by atoms with Gasteiger partial charge in [0.2, 0.25) is 29.5 Å². The van der Waals surface area contributed by atoms with Crippen LogP contribution in [0.15, 0.2) is 54.6 Å². The Bertz CT molecular complexity index is 2160. The van der Waals surface area contributed by atoms with E-state index >= 15 is 0 Å². The van der Waals surface area contributed by atoms with E-state index in [0.29, 0.717) is 43.3 Å². The highest BCUT2D eigenvalue weighted by atomic mass is 16.7. The number of ether oxygens (including phenoxy) is 1. The van der Waals surface area contributed by atoms with Crippen LogP contribution in [0.4, 0.5) is 0 Å². The van der Waals surface area contributed by atoms with Crippen LogP contribution in [0, 0.1) is 29.1 Å². The van der Waals surface area contributed by atoms with Gasteiger partial charge in [-0.05, 0) is 111 Å². The lowest BCUT2D eigenvalue weighted by atomic mass is 9.43. The first-order chi connectivity index (χ1) is 32.1. The van der Waals surface area contributed by atoms with Crippen LogP contribution >= 0.6 is 0 Å². The number of carboxylic acids is 2. The van der Waals surface area contributed by atoms with E-state index in [1.54, 1.807) is 27.7 Å². The molecular formula is C49H69BN6O12. The van der Waals surface area contributed by atoms with Crippen molar-refractivity contribution in [3.05, 3.63) is 60.2 Å². The fourth-order valence-corrected chi connectivity index (χ4v) is 10.4. The number of rotatable bonds is 22. The Morgan fingerprint density at radius 3 is 2.07 bits per heavy atom. The second kappa shape index (κ2) is 21.8. The molecule has 0 radical (unpaired) electrons. The Balaban J connectivity index is 1.14. The van der Waals surface area contributed by atoms with Crippen LogP contribution in [0.2, 0.25) is 0 Å². The third-order valence-electron chi connectivity index (χ3n) is 14.6. The number of carbonyl (C=O) groups is 7. The van der Waals surface area contributed by atoms with Crippen LogP contribution in [-0.2, 0) is 49.3 Å². The van der Waals surface area contributed by atoms with E-state index in [2.05, 4.69) is 42.0 Å². The lowest BCUT2D eigenvalue weighted by molar-refractivity contribution is -0.199. The van der Waals surface area contributed by atoms with Crippen LogP contribution in [-0.4, -0.2) is 118 Å². The molecule has 19 heteroatoms. The minimum atomic E-state index is -1.52. The molecule has 2 aliphatic heterocycles. The summed E-state index contributed by atoms with van der Waals surface area (Å²) in [7, 11) is -0.722. The zero-order chi connectivity index (χ0) is 49.7. The van der Waals surface area contributed by atoms with Crippen molar-refractivity contribution in [2.45, 2.75) is 154 Å². The predicted molar refractivity (Wildman–Crippen MR) is 251 cm³/mol. The normalized spacial score (nSPS) is 24.7. The second-order valence-electron chi connectivity index (χ2n) is 20.4. The summed E-state index contributed by atoms with van der Waals surface area (Å²) in [6.45, 7) is 13.8. The molecule has 0 aromatic heterocycles. The maximum Gasteiger partial charge on any atom is 0.481 e. The molecule has 2 bridgehead atoms. The largest absolute Gasteiger partial charge is 0.481 e. The molecular weight excluding hydrogens is 875 g/mol. The molecule has 68 heavy (non-hydrogen) atoms. The van der Waals surface area contributed by atoms with Crippen molar-refractivity contribution < 1.29 is 57.8 Å². The number of benzene rings is 2. The highest BCUT2D eigenvalue weighted by Gasteiger charge is 2.68. The van der Waals surface area contributed by atoms with Gasteiger partial charge in [0, 0.05) is 13.0 Å². The average molecular weight is 945 g/mol. The van der Waals surface area contributed by atoms with Crippen molar-refractivity contribution in [2.24, 2.45) is 34.8 Å². The number of nitrogens with zero attached hydrogens (tertiary/aromatic N) is 1. The predicted octanol–water partition coefficient (Wildman–Crippen LogP) is 3.59. The Morgan fingerprint density at radius 1 is 0.809 bits per heavy atom. The SMILES string of the molecule is CC(C)[C@H](NC(=O)[C@H](CCC(=O)O)NC(=O)[C@@H](N)CC(=O)O)C(=O)N[C@H](C(=O)N1CCC[C@H]1C(=O)N[C@@H](CCc1ccc(Oc2ccccc2)cc1)B1O[C@@H]2C[C@@H]3C[C@H](C3(C)C)[C@]2(C)O1)C(C)C. The zero-order valence-electron chi connectivity index (χ0n) is 40.2. The monoisotopic (exact) mass is 945 g/mol. The summed E-state index contributed by atoms with van der Waals surface area (Å²) in [6.07, 6.45) is 2.20. The smallest absolute Gasteiger partial charge is 0.481 e. The van der Waals surface area contributed by atoms with Crippen molar-refractivity contribution in [2.75, 3.05) is 6.54 Å². The van der Waals surface area contributed by atoms with E-state index < -0.39 is 109 Å². The lowest BCUT2D eigenvalue weighted by Crippen LogP contribution is -2.65. The summed E-state index contributed by atoms with van der Waals surface area (Å²) < 4.78 is 19.6. The molecule has 0 unspecified atom stereocenters. The summed E-state index contributed by atoms with van der Waals surface area (Å²) in [4.78, 5) is 93.3. The standard InChI is InChI=1S/C49H69BN6O12/c1-27(2)41(54-44(62)34(20-22-39(57)58)52-43(61)33(51)26-40(59)60)46(64)55-42(28(3)4)47(65)56-23-11-14-35(56)45(63)53-38(50-67-37-25-30-24-36(48(30,5)6)49(37,7)68-50)21-17-29-15-18-32(19-16-29)66-31-12-9-8-10-13-31/h8-10,12-13,15-16,18-19,27-28,30,33-38,41-42H,11,14,17,20-26,51H2,1-7H3,(H,52,61)(H,53,63)(H,54,62)(H,55,64)(H,57,58)(H,59,60)/t30-,33-,34-,35-,36+,37+,38-,41-,42-,49-/m0/s1. The van der Waals surface area contributed by atoms with Crippen molar-refractivity contribution in [1.82, 2.24) is 26.2 Å². The lowest BCUT2D eigenvalue weighted by Gasteiger charge is -2.64. The molecule has 2 aromatic carbocycles. The van der Waals surface area contributed by atoms with Gasteiger partial charge in [-0.3, -0.25) is 33.6 Å². The average Bonchev–Trinajstić information content (AvgIpc) is 3.92. The molecule has 2 saturated heterocycles. The number of amides is 5. The number of hydrogen-bond acceptors (Lipinski definition) is 11. The van der Waals surface area contributed by atoms with E-state index in [0.717, 1.165) is 24.2 Å². The number of para-hydroxylation sites is 1. The number of aryl methyl sites for hydroxylation is 1. The van der Waals surface area contributed by atoms with Crippen molar-refractivity contribution >= 4 is 48.6 Å². The molecule has 3 aliphatic carbocycles. The fraction of sp³-hybridized carbons (Fsp3) is 0.612. The molecule has 8 N–H and O–H groups in total. The first-order valence-electron chi connectivity index (χ1n) is 23.9. The van der Waals surface area contributed by atoms with Gasteiger partial charge in [0.05, 0.1) is 30.1 Å². The number of likely N-dealkylation sites (tertiary alicyclic amines) is 1. The van der Waals surface area contributed by atoms with Crippen molar-refractivity contribution in [3.63, 3.8) is 0 Å². The van der Waals surface area contributed by atoms with E-state index in [1.807, 2.05) is 54.6 Å². The number of aliphatic carboxylic acids is 2. The van der Waals surface area contributed by atoms with E-state index in [-0.39, 0.29) is 30.4 Å². The maximum absolute atomic E-state index is 14.5. The molecule has 18 nitrogen and oxygen atoms in total. The summed E-state index contributed by atoms with van der Waals surface area (Å²) in [5, 5.41) is 29.3. The van der Waals surface area contributed by atoms with Gasteiger partial charge < -0.3 is 56.2 Å². The third-order valence-corrected chi connectivity index (χ3v) is 14.6. The van der Waals surface area contributed by atoms with E-state index in [1.165, 1.54) is 4.90 Å². The van der Waals surface area contributed by atoms with Crippen LogP contribution in [0.5, 0.6) is 11.5 Å². The first-order valence-corrected chi connectivity index (χ1v) is 23.9. The molecule has 3 saturated carbocycles. The number of nitrogens with two attached hydrogens (primary N) is 1. The van der Waals surface area contributed by atoms with Crippen LogP contribution in [0.1, 0.15) is 105 Å². The third kappa shape index (κ3) is 12.0. The molecule has 2 aromatic rings. The molecule has 0 spiro atoms. The summed E-state index contributed by atoms with van der Waals surface area (Å²) in [5.41, 5.74) is 6.30. The first kappa shape index (κ1) is 51.9. The quantitative estimate of drug-likeness (QED) is 0.0834. The van der Waals surface area contributed by atoms with Crippen LogP contribution in [0.25, 0.3) is 0 Å². The molecule has 5 amide bonds. The molecule has 2 heterocycles. The van der Waals surface area contributed by atoms with Gasteiger partial charge in [0.1, 0.15) is 35.7 Å². The van der Waals surface area contributed by atoms with Gasteiger partial charge in [0.25, 0.3) is 0 Å². The van der Waals surface area contributed by atoms with E-state index in [4.69, 9.17) is 24.9 Å². The molecule has 7 rings (SSSR count). The number of carboxylic acid groups (broad SMARTS) is 2. The van der Waals surface area contributed by atoms with Gasteiger partial charge >= 0.3 is 19.1 Å². The Kier molecular flexibility index (Phi) is 16.7. The van der Waals surface area contributed by atoms with Crippen molar-refractivity contribution in [1.29, 1.82) is 0 Å². The highest BCUT2D eigenvalue weighted by Crippen LogP contribution is 2.65.